The average Bonchev–Trinajstić information content (AvgIpc) is 3.21. The number of hydrogen-bond donors (Lipinski definition) is 7. The van der Waals surface area contributed by atoms with E-state index in [1.54, 1.807) is 0 Å². The topological polar surface area (TPSA) is 274 Å². The van der Waals surface area contributed by atoms with E-state index in [-0.39, 0.29) is 11.4 Å². The lowest BCUT2D eigenvalue weighted by molar-refractivity contribution is -0.129. The molecule has 1 amide bonds. The summed E-state index contributed by atoms with van der Waals surface area (Å²) in [6, 6.07) is 8.24. The molecule has 1 heterocycles. The van der Waals surface area contributed by atoms with Gasteiger partial charge in [-0.15, -0.1) is 0 Å². The maximum Gasteiger partial charge on any atom is 0.354 e. The van der Waals surface area contributed by atoms with Crippen LogP contribution in [0.5, 0.6) is 0 Å². The maximum atomic E-state index is 12.9. The molecule has 0 radical (unpaired) electrons. The second-order valence-electron chi connectivity index (χ2n) is 7.89. The number of aromatic nitrogens is 2. The molecular formula is C23H18N4O12S2. The fourth-order valence-electron chi connectivity index (χ4n) is 3.25. The Morgan fingerprint density at radius 2 is 1.39 bits per heavy atom. The summed E-state index contributed by atoms with van der Waals surface area (Å²) >= 11 is 0. The second-order valence-corrected chi connectivity index (χ2v) is 10.7. The molecule has 3 rings (SSSR count). The number of benzene rings is 2. The van der Waals surface area contributed by atoms with Gasteiger partial charge in [0.1, 0.15) is 0 Å². The van der Waals surface area contributed by atoms with Crippen LogP contribution in [-0.4, -0.2) is 69.5 Å². The minimum Gasteiger partial charge on any atom is -0.477 e. The third kappa shape index (κ3) is 7.08. The third-order valence-corrected chi connectivity index (χ3v) is 6.93. The van der Waals surface area contributed by atoms with Crippen LogP contribution in [0.4, 0.5) is 5.69 Å². The van der Waals surface area contributed by atoms with Crippen molar-refractivity contribution in [2.75, 3.05) is 5.32 Å². The van der Waals surface area contributed by atoms with Crippen LogP contribution in [-0.2, 0) is 29.8 Å². The number of aromatic amines is 1. The average molecular weight is 607 g/mol. The van der Waals surface area contributed by atoms with Gasteiger partial charge in [0.25, 0.3) is 31.7 Å². The Kier molecular flexibility index (Phi) is 8.53. The predicted octanol–water partition coefficient (Wildman–Crippen LogP) is 1.04. The number of H-pyrrole nitrogens is 1. The van der Waals surface area contributed by atoms with Crippen LogP contribution in [0.15, 0.2) is 80.8 Å². The van der Waals surface area contributed by atoms with E-state index in [1.807, 2.05) is 0 Å². The standard InChI is InChI=1S/C23H18N4O12S2/c24-18(22(30)31)16(20(28)25-12-4-8-14(9-5-12)40(34,35)36)2-1-3-17-19(23(32)33)26-27(21(17)29)13-6-10-15(11-7-13)41(37,38)39/h1-11,24,26H,(H,25,28)(H,30,31)(H,32,33)(H,34,35,36)(H,37,38,39). The first kappa shape index (κ1) is 30.4. The van der Waals surface area contributed by atoms with E-state index in [0.717, 1.165) is 71.4 Å². The normalized spacial score (nSPS) is 12.3. The number of aromatic carboxylic acids is 1. The van der Waals surface area contributed by atoms with Crippen LogP contribution >= 0.6 is 0 Å². The van der Waals surface area contributed by atoms with Gasteiger partial charge in [0.15, 0.2) is 11.4 Å². The van der Waals surface area contributed by atoms with Gasteiger partial charge in [0.05, 0.1) is 26.6 Å². The van der Waals surface area contributed by atoms with Crippen LogP contribution in [0, 0.1) is 5.41 Å². The number of allylic oxidation sites excluding steroid dienone is 2. The Morgan fingerprint density at radius 1 is 0.878 bits per heavy atom. The summed E-state index contributed by atoms with van der Waals surface area (Å²) < 4.78 is 63.7. The Morgan fingerprint density at radius 3 is 1.85 bits per heavy atom. The van der Waals surface area contributed by atoms with Gasteiger partial charge in [0, 0.05) is 5.69 Å². The fourth-order valence-corrected chi connectivity index (χ4v) is 4.21. The molecule has 0 aliphatic heterocycles. The van der Waals surface area contributed by atoms with E-state index in [2.05, 4.69) is 10.4 Å². The van der Waals surface area contributed by atoms with E-state index < -0.39 is 76.0 Å². The second kappa shape index (κ2) is 11.5. The number of carbonyl (C=O) groups is 3. The van der Waals surface area contributed by atoms with E-state index in [4.69, 9.17) is 14.5 Å². The molecular weight excluding hydrogens is 588 g/mol. The number of rotatable bonds is 10. The first-order valence-corrected chi connectivity index (χ1v) is 13.6. The number of hydrogen-bond acceptors (Lipinski definition) is 9. The first-order valence-electron chi connectivity index (χ1n) is 10.8. The molecule has 16 nitrogen and oxygen atoms in total. The van der Waals surface area contributed by atoms with Crippen molar-refractivity contribution >= 4 is 55.6 Å². The smallest absolute Gasteiger partial charge is 0.354 e. The number of anilines is 1. The summed E-state index contributed by atoms with van der Waals surface area (Å²) in [5.74, 6) is -4.51. The number of aliphatic carboxylic acids is 1. The van der Waals surface area contributed by atoms with Gasteiger partial charge in [0.2, 0.25) is 0 Å². The van der Waals surface area contributed by atoms with Gasteiger partial charge >= 0.3 is 11.9 Å². The molecule has 1 aromatic heterocycles. The molecule has 0 bridgehead atoms. The van der Waals surface area contributed by atoms with Crippen molar-refractivity contribution in [3.63, 3.8) is 0 Å². The molecule has 0 saturated carbocycles. The summed E-state index contributed by atoms with van der Waals surface area (Å²) in [4.78, 5) is 47.8. The predicted molar refractivity (Wildman–Crippen MR) is 141 cm³/mol. The molecule has 0 unspecified atom stereocenters. The van der Waals surface area contributed by atoms with Crippen LogP contribution in [0.1, 0.15) is 16.1 Å². The number of nitrogens with one attached hydrogen (secondary N) is 3. The van der Waals surface area contributed by atoms with Gasteiger partial charge in [-0.1, -0.05) is 6.08 Å². The molecule has 0 atom stereocenters. The van der Waals surface area contributed by atoms with Gasteiger partial charge in [-0.25, -0.2) is 14.3 Å². The lowest BCUT2D eigenvalue weighted by atomic mass is 10.1. The van der Waals surface area contributed by atoms with Crippen LogP contribution in [0.25, 0.3) is 11.8 Å². The van der Waals surface area contributed by atoms with E-state index >= 15 is 0 Å². The summed E-state index contributed by atoms with van der Waals surface area (Å²) in [6.07, 6.45) is 2.69. The van der Waals surface area contributed by atoms with Crippen molar-refractivity contribution < 1.29 is 50.5 Å². The fraction of sp³-hybridized carbons (Fsp3) is 0. The Hall–Kier alpha value is -5.17. The monoisotopic (exact) mass is 606 g/mol. The van der Waals surface area contributed by atoms with Crippen molar-refractivity contribution in [2.45, 2.75) is 9.79 Å². The molecule has 41 heavy (non-hydrogen) atoms. The molecule has 3 aromatic rings. The maximum absolute atomic E-state index is 12.9. The van der Waals surface area contributed by atoms with Crippen molar-refractivity contribution in [3.8, 4) is 5.69 Å². The highest BCUT2D eigenvalue weighted by molar-refractivity contribution is 7.86. The summed E-state index contributed by atoms with van der Waals surface area (Å²) in [5, 5.41) is 31.0. The zero-order chi connectivity index (χ0) is 30.7. The number of carboxylic acid groups (broad SMARTS) is 2. The summed E-state index contributed by atoms with van der Waals surface area (Å²) in [7, 11) is -9.05. The molecule has 2 aromatic carbocycles. The number of amides is 1. The van der Waals surface area contributed by atoms with E-state index in [0.29, 0.717) is 0 Å². The van der Waals surface area contributed by atoms with Crippen LogP contribution in [0.3, 0.4) is 0 Å². The number of carboxylic acids is 2. The minimum absolute atomic E-state index is 0.00664. The minimum atomic E-state index is -4.53. The Bertz CT molecular complexity index is 1900. The van der Waals surface area contributed by atoms with Crippen molar-refractivity contribution in [2.24, 2.45) is 0 Å². The highest BCUT2D eigenvalue weighted by Gasteiger charge is 2.22. The summed E-state index contributed by atoms with van der Waals surface area (Å²) in [6.45, 7) is 0. The molecule has 18 heteroatoms. The largest absolute Gasteiger partial charge is 0.477 e. The van der Waals surface area contributed by atoms with Gasteiger partial charge in [-0.2, -0.15) is 16.8 Å². The van der Waals surface area contributed by atoms with Crippen molar-refractivity contribution in [1.82, 2.24) is 9.78 Å². The highest BCUT2D eigenvalue weighted by atomic mass is 32.2. The van der Waals surface area contributed by atoms with Gasteiger partial charge < -0.3 is 15.5 Å². The summed E-state index contributed by atoms with van der Waals surface area (Å²) in [5.41, 5.74) is -3.98. The number of nitrogens with zero attached hydrogens (tertiary/aromatic N) is 1. The molecule has 0 aliphatic carbocycles. The lowest BCUT2D eigenvalue weighted by Crippen LogP contribution is -2.25. The molecule has 0 fully saturated rings. The van der Waals surface area contributed by atoms with E-state index in [9.17, 15) is 46.2 Å². The molecule has 214 valence electrons. The Balaban J connectivity index is 1.98. The molecule has 0 spiro atoms. The quantitative estimate of drug-likeness (QED) is 0.0738. The van der Waals surface area contributed by atoms with Crippen molar-refractivity contribution in [3.05, 3.63) is 87.9 Å². The molecule has 7 N–H and O–H groups in total. The highest BCUT2D eigenvalue weighted by Crippen LogP contribution is 2.16. The first-order chi connectivity index (χ1) is 19.0. The van der Waals surface area contributed by atoms with Crippen LogP contribution < -0.4 is 10.9 Å². The lowest BCUT2D eigenvalue weighted by Gasteiger charge is -2.08. The zero-order valence-electron chi connectivity index (χ0n) is 20.2. The van der Waals surface area contributed by atoms with Crippen molar-refractivity contribution in [1.29, 1.82) is 5.41 Å². The third-order valence-electron chi connectivity index (χ3n) is 5.20. The SMILES string of the molecule is N=C(C(=O)O)C(=CC=Cc1c(C(=O)O)[nH]n(-c2ccc(S(=O)(=O)O)cc2)c1=O)C(=O)Nc1ccc(S(=O)(=O)O)cc1. The van der Waals surface area contributed by atoms with Gasteiger partial charge in [-0.05, 0) is 60.7 Å². The molecule has 0 saturated heterocycles. The molecule has 0 aliphatic rings. The Labute approximate surface area is 229 Å². The van der Waals surface area contributed by atoms with E-state index in [1.165, 1.54) is 0 Å². The van der Waals surface area contributed by atoms with Crippen LogP contribution in [0.2, 0.25) is 0 Å². The van der Waals surface area contributed by atoms with Gasteiger partial charge in [-0.3, -0.25) is 29.2 Å². The zero-order valence-corrected chi connectivity index (χ0v) is 21.8. The number of carbonyl (C=O) groups excluding carboxylic acids is 1.